The molecule has 0 saturated carbocycles. The van der Waals surface area contributed by atoms with Gasteiger partial charge in [0.2, 0.25) is 0 Å². The molecule has 1 N–H and O–H groups in total. The Kier molecular flexibility index (Phi) is 5.62. The van der Waals surface area contributed by atoms with E-state index in [1.807, 2.05) is 19.1 Å². The van der Waals surface area contributed by atoms with Gasteiger partial charge in [-0.3, -0.25) is 15.0 Å². The van der Waals surface area contributed by atoms with Crippen LogP contribution in [0.15, 0.2) is 66.4 Å². The molecule has 28 heavy (non-hydrogen) atoms. The van der Waals surface area contributed by atoms with Gasteiger partial charge >= 0.3 is 0 Å². The van der Waals surface area contributed by atoms with Crippen LogP contribution in [0, 0.1) is 18.3 Å². The summed E-state index contributed by atoms with van der Waals surface area (Å²) in [5, 5.41) is 11.3. The quantitative estimate of drug-likeness (QED) is 0.484. The van der Waals surface area contributed by atoms with Gasteiger partial charge in [-0.2, -0.15) is 5.26 Å². The number of amides is 2. The lowest BCUT2D eigenvalue weighted by Crippen LogP contribution is -2.34. The lowest BCUT2D eigenvalue weighted by atomic mass is 9.97. The van der Waals surface area contributed by atoms with E-state index >= 15 is 0 Å². The molecule has 140 valence electrons. The third-order valence-corrected chi connectivity index (χ3v) is 4.74. The fraction of sp³-hybridized carbons (Fsp3) is 0.136. The van der Waals surface area contributed by atoms with Crippen LogP contribution in [0.1, 0.15) is 29.5 Å². The molecule has 3 rings (SSSR count). The first-order valence-electron chi connectivity index (χ1n) is 8.69. The third kappa shape index (κ3) is 3.83. The first-order valence-corrected chi connectivity index (χ1v) is 9.07. The minimum Gasteiger partial charge on any atom is -0.272 e. The maximum Gasteiger partial charge on any atom is 0.262 e. The zero-order chi connectivity index (χ0) is 20.3. The van der Waals surface area contributed by atoms with Crippen LogP contribution in [0.4, 0.5) is 0 Å². The molecular weight excluding hydrogens is 374 g/mol. The minimum absolute atomic E-state index is 0.352. The standard InChI is InChI=1S/C22H18ClN3O2/c1-3-19(12-17(13-24)15-8-10-18(23)11-9-15)26-22(28)20(21(27)25-26)16-6-4-14(2)5-7-16/h3-12,20H,1-2H3,(H,25,27)/b17-12+,19-3-. The lowest BCUT2D eigenvalue weighted by Gasteiger charge is -2.17. The highest BCUT2D eigenvalue weighted by Gasteiger charge is 2.41. The molecule has 1 heterocycles. The topological polar surface area (TPSA) is 73.2 Å². The van der Waals surface area contributed by atoms with Gasteiger partial charge in [-0.1, -0.05) is 59.6 Å². The molecule has 1 saturated heterocycles. The highest BCUT2D eigenvalue weighted by Crippen LogP contribution is 2.28. The smallest absolute Gasteiger partial charge is 0.262 e. The van der Waals surface area contributed by atoms with Gasteiger partial charge in [0.15, 0.2) is 0 Å². The molecule has 2 aromatic rings. The number of hydrogen-bond acceptors (Lipinski definition) is 3. The molecule has 5 nitrogen and oxygen atoms in total. The first kappa shape index (κ1) is 19.4. The number of nitrogens with one attached hydrogen (secondary N) is 1. The van der Waals surface area contributed by atoms with Crippen molar-refractivity contribution in [3.8, 4) is 6.07 Å². The Morgan fingerprint density at radius 1 is 1.14 bits per heavy atom. The molecule has 1 aliphatic rings. The number of halogens is 1. The number of hydrogen-bond donors (Lipinski definition) is 1. The highest BCUT2D eigenvalue weighted by molar-refractivity contribution is 6.30. The van der Waals surface area contributed by atoms with Crippen LogP contribution in [0.3, 0.4) is 0 Å². The van der Waals surface area contributed by atoms with E-state index in [0.29, 0.717) is 27.4 Å². The number of aryl methyl sites for hydroxylation is 1. The van der Waals surface area contributed by atoms with Gasteiger partial charge in [0.25, 0.3) is 11.8 Å². The number of allylic oxidation sites excluding steroid dienone is 3. The van der Waals surface area contributed by atoms with E-state index in [0.717, 1.165) is 5.56 Å². The molecule has 2 aromatic carbocycles. The number of carbonyl (C=O) groups excluding carboxylic acids is 2. The fourth-order valence-corrected chi connectivity index (χ4v) is 3.08. The van der Waals surface area contributed by atoms with E-state index in [1.165, 1.54) is 5.01 Å². The van der Waals surface area contributed by atoms with Crippen LogP contribution < -0.4 is 5.43 Å². The molecular formula is C22H18ClN3O2. The largest absolute Gasteiger partial charge is 0.272 e. The maximum absolute atomic E-state index is 12.9. The van der Waals surface area contributed by atoms with Crippen molar-refractivity contribution in [2.75, 3.05) is 0 Å². The van der Waals surface area contributed by atoms with Gasteiger partial charge in [0, 0.05) is 5.02 Å². The number of carbonyl (C=O) groups is 2. The maximum atomic E-state index is 12.9. The molecule has 0 bridgehead atoms. The van der Waals surface area contributed by atoms with Crippen molar-refractivity contribution in [2.24, 2.45) is 0 Å². The second-order valence-corrected chi connectivity index (χ2v) is 6.82. The van der Waals surface area contributed by atoms with Crippen molar-refractivity contribution in [3.63, 3.8) is 0 Å². The summed E-state index contributed by atoms with van der Waals surface area (Å²) in [5.74, 6) is -1.69. The predicted octanol–water partition coefficient (Wildman–Crippen LogP) is 4.12. The Bertz CT molecular complexity index is 1020. The van der Waals surface area contributed by atoms with Gasteiger partial charge < -0.3 is 0 Å². The zero-order valence-corrected chi connectivity index (χ0v) is 16.2. The van der Waals surface area contributed by atoms with Crippen molar-refractivity contribution in [1.82, 2.24) is 10.4 Å². The summed E-state index contributed by atoms with van der Waals surface area (Å²) in [6.45, 7) is 3.68. The Morgan fingerprint density at radius 3 is 2.36 bits per heavy atom. The summed E-state index contributed by atoms with van der Waals surface area (Å²) in [6.07, 6.45) is 3.24. The SMILES string of the molecule is C/C=C(/C=C(\C#N)c1ccc(Cl)cc1)N1NC(=O)C(c2ccc(C)cc2)C1=O. The average Bonchev–Trinajstić information content (AvgIpc) is 2.99. The summed E-state index contributed by atoms with van der Waals surface area (Å²) in [7, 11) is 0. The van der Waals surface area contributed by atoms with Gasteiger partial charge in [-0.25, -0.2) is 5.01 Å². The van der Waals surface area contributed by atoms with E-state index < -0.39 is 11.8 Å². The Hall–Kier alpha value is -3.36. The molecule has 1 atom stereocenters. The summed E-state index contributed by atoms with van der Waals surface area (Å²) in [6, 6.07) is 16.2. The number of hydrazine groups is 1. The van der Waals surface area contributed by atoms with Crippen LogP contribution in [0.2, 0.25) is 5.02 Å². The summed E-state index contributed by atoms with van der Waals surface area (Å²) in [5.41, 5.74) is 5.72. The first-order chi connectivity index (χ1) is 13.4. The summed E-state index contributed by atoms with van der Waals surface area (Å²) in [4.78, 5) is 25.4. The molecule has 0 spiro atoms. The van der Waals surface area contributed by atoms with Gasteiger partial charge in [-0.05, 0) is 43.2 Å². The molecule has 0 aliphatic carbocycles. The van der Waals surface area contributed by atoms with Crippen LogP contribution in [-0.2, 0) is 9.59 Å². The summed E-state index contributed by atoms with van der Waals surface area (Å²) < 4.78 is 0. The molecule has 0 radical (unpaired) electrons. The second-order valence-electron chi connectivity index (χ2n) is 6.38. The molecule has 1 aliphatic heterocycles. The Morgan fingerprint density at radius 2 is 1.79 bits per heavy atom. The van der Waals surface area contributed by atoms with Crippen molar-refractivity contribution >= 4 is 29.0 Å². The minimum atomic E-state index is -0.912. The Balaban J connectivity index is 1.91. The van der Waals surface area contributed by atoms with Crippen LogP contribution >= 0.6 is 11.6 Å². The predicted molar refractivity (Wildman–Crippen MR) is 108 cm³/mol. The van der Waals surface area contributed by atoms with Crippen molar-refractivity contribution in [1.29, 1.82) is 5.26 Å². The van der Waals surface area contributed by atoms with E-state index in [2.05, 4.69) is 11.5 Å². The monoisotopic (exact) mass is 391 g/mol. The zero-order valence-electron chi connectivity index (χ0n) is 15.4. The van der Waals surface area contributed by atoms with E-state index in [9.17, 15) is 14.9 Å². The Labute approximate surface area is 168 Å². The van der Waals surface area contributed by atoms with E-state index in [-0.39, 0.29) is 5.91 Å². The van der Waals surface area contributed by atoms with Crippen molar-refractivity contribution in [3.05, 3.63) is 88.1 Å². The molecule has 1 unspecified atom stereocenters. The third-order valence-electron chi connectivity index (χ3n) is 4.48. The van der Waals surface area contributed by atoms with Crippen LogP contribution in [0.5, 0.6) is 0 Å². The van der Waals surface area contributed by atoms with E-state index in [4.69, 9.17) is 11.6 Å². The van der Waals surface area contributed by atoms with Gasteiger partial charge in [0.1, 0.15) is 5.92 Å². The number of nitrogens with zero attached hydrogens (tertiary/aromatic N) is 2. The lowest BCUT2D eigenvalue weighted by molar-refractivity contribution is -0.128. The van der Waals surface area contributed by atoms with Gasteiger partial charge in [-0.15, -0.1) is 0 Å². The van der Waals surface area contributed by atoms with Crippen LogP contribution in [0.25, 0.3) is 5.57 Å². The number of benzene rings is 2. The molecule has 2 amide bonds. The molecule has 0 aromatic heterocycles. The normalized spacial score (nSPS) is 17.5. The number of rotatable bonds is 4. The van der Waals surface area contributed by atoms with E-state index in [1.54, 1.807) is 55.5 Å². The molecule has 1 fully saturated rings. The van der Waals surface area contributed by atoms with Gasteiger partial charge in [0.05, 0.1) is 17.3 Å². The fourth-order valence-electron chi connectivity index (χ4n) is 2.95. The number of nitriles is 1. The highest BCUT2D eigenvalue weighted by atomic mass is 35.5. The molecule has 6 heteroatoms. The van der Waals surface area contributed by atoms with Crippen LogP contribution in [-0.4, -0.2) is 16.8 Å². The van der Waals surface area contributed by atoms with Crippen molar-refractivity contribution < 1.29 is 9.59 Å². The summed E-state index contributed by atoms with van der Waals surface area (Å²) >= 11 is 5.90. The second kappa shape index (κ2) is 8.12. The average molecular weight is 392 g/mol. The van der Waals surface area contributed by atoms with Crippen molar-refractivity contribution in [2.45, 2.75) is 19.8 Å².